The summed E-state index contributed by atoms with van der Waals surface area (Å²) in [5.41, 5.74) is 0. The molecule has 4 heteroatoms. The van der Waals surface area contributed by atoms with Crippen LogP contribution in [0.1, 0.15) is 53.9 Å². The minimum atomic E-state index is -0.813. The highest BCUT2D eigenvalue weighted by molar-refractivity contribution is 5.80. The van der Waals surface area contributed by atoms with E-state index in [0.29, 0.717) is 24.4 Å². The van der Waals surface area contributed by atoms with E-state index in [2.05, 4.69) is 20.8 Å². The van der Waals surface area contributed by atoms with Crippen LogP contribution in [-0.4, -0.2) is 24.6 Å². The fraction of sp³-hybridized carbons (Fsp3) is 0.875. The van der Waals surface area contributed by atoms with Crippen molar-refractivity contribution in [1.29, 1.82) is 0 Å². The Hall–Kier alpha value is -1.06. The molecular weight excluding hydrogens is 256 g/mol. The van der Waals surface area contributed by atoms with Gasteiger partial charge in [0.15, 0.2) is 6.10 Å². The largest absolute Gasteiger partial charge is 0.463 e. The molecule has 1 fully saturated rings. The molecule has 0 aliphatic heterocycles. The summed E-state index contributed by atoms with van der Waals surface area (Å²) in [4.78, 5) is 23.9. The zero-order valence-corrected chi connectivity index (χ0v) is 13.3. The second kappa shape index (κ2) is 7.65. The number of carbonyl (C=O) groups excluding carboxylic acids is 2. The molecule has 1 aliphatic carbocycles. The smallest absolute Gasteiger partial charge is 0.347 e. The lowest BCUT2D eigenvalue weighted by atomic mass is 9.70. The molecule has 20 heavy (non-hydrogen) atoms. The van der Waals surface area contributed by atoms with E-state index in [9.17, 15) is 9.59 Å². The number of esters is 2. The average molecular weight is 284 g/mol. The van der Waals surface area contributed by atoms with Crippen LogP contribution in [0.3, 0.4) is 0 Å². The standard InChI is InChI=1S/C16H28O4/c1-6-19-15(17)12(5)20-16(18)14-9-11(4)7-8-13(14)10(2)3/h10-14H,6-9H2,1-5H3. The van der Waals surface area contributed by atoms with Crippen molar-refractivity contribution in [1.82, 2.24) is 0 Å². The zero-order valence-electron chi connectivity index (χ0n) is 13.3. The van der Waals surface area contributed by atoms with E-state index in [0.717, 1.165) is 12.8 Å². The maximum Gasteiger partial charge on any atom is 0.347 e. The normalized spacial score (nSPS) is 28.0. The molecule has 0 bridgehead atoms. The van der Waals surface area contributed by atoms with Gasteiger partial charge in [0, 0.05) is 0 Å². The molecule has 0 saturated heterocycles. The van der Waals surface area contributed by atoms with Crippen molar-refractivity contribution in [2.24, 2.45) is 23.7 Å². The van der Waals surface area contributed by atoms with Gasteiger partial charge in [-0.1, -0.05) is 27.2 Å². The highest BCUT2D eigenvalue weighted by Gasteiger charge is 2.37. The minimum Gasteiger partial charge on any atom is -0.463 e. The number of rotatable bonds is 5. The fourth-order valence-electron chi connectivity index (χ4n) is 3.04. The van der Waals surface area contributed by atoms with Gasteiger partial charge in [0.25, 0.3) is 0 Å². The molecule has 4 nitrogen and oxygen atoms in total. The molecule has 4 unspecified atom stereocenters. The van der Waals surface area contributed by atoms with Gasteiger partial charge in [-0.3, -0.25) is 4.79 Å². The van der Waals surface area contributed by atoms with E-state index in [-0.39, 0.29) is 11.9 Å². The van der Waals surface area contributed by atoms with Gasteiger partial charge in [0.05, 0.1) is 12.5 Å². The third-order valence-corrected chi connectivity index (χ3v) is 4.24. The Balaban J connectivity index is 2.65. The molecule has 0 spiro atoms. The number of ether oxygens (including phenoxy) is 2. The molecule has 1 saturated carbocycles. The van der Waals surface area contributed by atoms with Crippen molar-refractivity contribution in [2.45, 2.75) is 60.0 Å². The van der Waals surface area contributed by atoms with Gasteiger partial charge in [-0.25, -0.2) is 4.79 Å². The van der Waals surface area contributed by atoms with E-state index in [1.807, 2.05) is 0 Å². The summed E-state index contributed by atoms with van der Waals surface area (Å²) in [7, 11) is 0. The molecular formula is C16H28O4. The maximum atomic E-state index is 12.3. The van der Waals surface area contributed by atoms with E-state index < -0.39 is 12.1 Å². The summed E-state index contributed by atoms with van der Waals surface area (Å²) in [6.45, 7) is 10.1. The number of hydrogen-bond acceptors (Lipinski definition) is 4. The Morgan fingerprint density at radius 1 is 1.20 bits per heavy atom. The molecule has 0 amide bonds. The average Bonchev–Trinajstić information content (AvgIpc) is 2.38. The SMILES string of the molecule is CCOC(=O)C(C)OC(=O)C1CC(C)CCC1C(C)C. The minimum absolute atomic E-state index is 0.0874. The predicted octanol–water partition coefficient (Wildman–Crippen LogP) is 3.19. The Labute approximate surface area is 122 Å². The Bertz CT molecular complexity index is 337. The van der Waals surface area contributed by atoms with Crippen molar-refractivity contribution in [3.63, 3.8) is 0 Å². The van der Waals surface area contributed by atoms with Gasteiger partial charge in [-0.05, 0) is 44.4 Å². The van der Waals surface area contributed by atoms with Crippen LogP contribution in [0, 0.1) is 23.7 Å². The van der Waals surface area contributed by atoms with Crippen LogP contribution in [0.2, 0.25) is 0 Å². The molecule has 116 valence electrons. The van der Waals surface area contributed by atoms with Gasteiger partial charge < -0.3 is 9.47 Å². The van der Waals surface area contributed by atoms with Gasteiger partial charge in [0.2, 0.25) is 0 Å². The van der Waals surface area contributed by atoms with Crippen LogP contribution in [-0.2, 0) is 19.1 Å². The van der Waals surface area contributed by atoms with E-state index in [1.165, 1.54) is 6.42 Å². The van der Waals surface area contributed by atoms with Crippen LogP contribution in [0.25, 0.3) is 0 Å². The Morgan fingerprint density at radius 2 is 1.85 bits per heavy atom. The second-order valence-corrected chi connectivity index (χ2v) is 6.26. The lowest BCUT2D eigenvalue weighted by molar-refractivity contribution is -0.171. The summed E-state index contributed by atoms with van der Waals surface area (Å²) < 4.78 is 10.2. The van der Waals surface area contributed by atoms with Crippen molar-refractivity contribution in [3.8, 4) is 0 Å². The monoisotopic (exact) mass is 284 g/mol. The Kier molecular flexibility index (Phi) is 6.50. The first-order valence-electron chi connectivity index (χ1n) is 7.73. The predicted molar refractivity (Wildman–Crippen MR) is 77.0 cm³/mol. The van der Waals surface area contributed by atoms with Gasteiger partial charge >= 0.3 is 11.9 Å². The second-order valence-electron chi connectivity index (χ2n) is 6.26. The third kappa shape index (κ3) is 4.50. The molecule has 1 rings (SSSR count). The number of hydrogen-bond donors (Lipinski definition) is 0. The van der Waals surface area contributed by atoms with Crippen LogP contribution in [0.5, 0.6) is 0 Å². The Morgan fingerprint density at radius 3 is 2.40 bits per heavy atom. The number of carbonyl (C=O) groups is 2. The van der Waals surface area contributed by atoms with Crippen molar-refractivity contribution < 1.29 is 19.1 Å². The summed E-state index contributed by atoms with van der Waals surface area (Å²) in [5, 5.41) is 0. The quantitative estimate of drug-likeness (QED) is 0.728. The lowest BCUT2D eigenvalue weighted by Crippen LogP contribution is -2.37. The van der Waals surface area contributed by atoms with Gasteiger partial charge in [-0.2, -0.15) is 0 Å². The molecule has 0 N–H and O–H groups in total. The zero-order chi connectivity index (χ0) is 15.3. The van der Waals surface area contributed by atoms with Gasteiger partial charge in [0.1, 0.15) is 0 Å². The van der Waals surface area contributed by atoms with Gasteiger partial charge in [-0.15, -0.1) is 0 Å². The van der Waals surface area contributed by atoms with E-state index in [1.54, 1.807) is 13.8 Å². The topological polar surface area (TPSA) is 52.6 Å². The molecule has 0 aromatic heterocycles. The third-order valence-electron chi connectivity index (χ3n) is 4.24. The lowest BCUT2D eigenvalue weighted by Gasteiger charge is -2.36. The van der Waals surface area contributed by atoms with Crippen LogP contribution < -0.4 is 0 Å². The fourth-order valence-corrected chi connectivity index (χ4v) is 3.04. The molecule has 4 atom stereocenters. The molecule has 0 aromatic rings. The molecule has 0 heterocycles. The van der Waals surface area contributed by atoms with Crippen molar-refractivity contribution >= 4 is 11.9 Å². The highest BCUT2D eigenvalue weighted by atomic mass is 16.6. The maximum absolute atomic E-state index is 12.3. The summed E-state index contributed by atoms with van der Waals surface area (Å²) >= 11 is 0. The molecule has 1 aliphatic rings. The first-order chi connectivity index (χ1) is 9.36. The molecule has 0 radical (unpaired) electrons. The summed E-state index contributed by atoms with van der Waals surface area (Å²) in [6, 6.07) is 0. The first-order valence-corrected chi connectivity index (χ1v) is 7.73. The van der Waals surface area contributed by atoms with Crippen LogP contribution in [0.4, 0.5) is 0 Å². The summed E-state index contributed by atoms with van der Waals surface area (Å²) in [6.07, 6.45) is 2.27. The van der Waals surface area contributed by atoms with Crippen molar-refractivity contribution in [2.75, 3.05) is 6.61 Å². The molecule has 0 aromatic carbocycles. The first kappa shape index (κ1) is 17.0. The summed E-state index contributed by atoms with van der Waals surface area (Å²) in [5.74, 6) is 0.559. The van der Waals surface area contributed by atoms with E-state index in [4.69, 9.17) is 9.47 Å². The van der Waals surface area contributed by atoms with Crippen LogP contribution >= 0.6 is 0 Å². The van der Waals surface area contributed by atoms with E-state index >= 15 is 0 Å². The van der Waals surface area contributed by atoms with Crippen molar-refractivity contribution in [3.05, 3.63) is 0 Å². The highest BCUT2D eigenvalue weighted by Crippen LogP contribution is 2.38. The van der Waals surface area contributed by atoms with Crippen LogP contribution in [0.15, 0.2) is 0 Å².